The number of thiophene rings is 1. The molecule has 0 bridgehead atoms. The van der Waals surface area contributed by atoms with Crippen molar-refractivity contribution in [2.75, 3.05) is 11.9 Å². The number of aromatic nitrogens is 4. The maximum absolute atomic E-state index is 13.0. The van der Waals surface area contributed by atoms with Crippen molar-refractivity contribution in [3.63, 3.8) is 0 Å². The largest absolute Gasteiger partial charge is 0.478 e. The lowest BCUT2D eigenvalue weighted by atomic mass is 10.1. The molecule has 0 aromatic carbocycles. The van der Waals surface area contributed by atoms with Crippen LogP contribution in [0.2, 0.25) is 0 Å². The molecule has 4 rings (SSSR count). The molecule has 0 aliphatic heterocycles. The van der Waals surface area contributed by atoms with Crippen LogP contribution in [-0.4, -0.2) is 32.3 Å². The van der Waals surface area contributed by atoms with Crippen molar-refractivity contribution >= 4 is 33.3 Å². The summed E-state index contributed by atoms with van der Waals surface area (Å²) in [6, 6.07) is 11.3. The van der Waals surface area contributed by atoms with E-state index in [1.807, 2.05) is 55.6 Å². The van der Waals surface area contributed by atoms with Crippen molar-refractivity contribution in [3.8, 4) is 5.88 Å². The first kappa shape index (κ1) is 20.9. The number of rotatable bonds is 9. The number of hydrogen-bond acceptors (Lipinski definition) is 8. The molecule has 0 radical (unpaired) electrons. The van der Waals surface area contributed by atoms with Gasteiger partial charge in [0.1, 0.15) is 5.69 Å². The molecule has 4 aromatic heterocycles. The lowest BCUT2D eigenvalue weighted by Crippen LogP contribution is -2.13. The van der Waals surface area contributed by atoms with Crippen molar-refractivity contribution in [1.82, 2.24) is 19.9 Å². The average Bonchev–Trinajstić information content (AvgIpc) is 3.27. The third kappa shape index (κ3) is 5.03. The van der Waals surface area contributed by atoms with E-state index < -0.39 is 0 Å². The first-order valence-corrected chi connectivity index (χ1v) is 11.1. The number of Topliss-reactive ketones (excluding diaryl/α,β-unsaturated/α-hetero) is 1. The van der Waals surface area contributed by atoms with Crippen LogP contribution in [0.15, 0.2) is 54.2 Å². The van der Waals surface area contributed by atoms with Gasteiger partial charge in [0.25, 0.3) is 0 Å². The van der Waals surface area contributed by atoms with Crippen LogP contribution >= 0.6 is 11.3 Å². The molecule has 0 amide bonds. The first-order valence-electron chi connectivity index (χ1n) is 10.2. The summed E-state index contributed by atoms with van der Waals surface area (Å²) in [5.41, 5.74) is 3.08. The van der Waals surface area contributed by atoms with Crippen LogP contribution in [-0.2, 0) is 6.42 Å². The average molecular weight is 434 g/mol. The van der Waals surface area contributed by atoms with E-state index in [9.17, 15) is 4.79 Å². The van der Waals surface area contributed by atoms with Gasteiger partial charge in [-0.1, -0.05) is 12.1 Å². The number of anilines is 1. The number of nitrogens with one attached hydrogen (secondary N) is 1. The number of aryl methyl sites for hydroxylation is 1. The summed E-state index contributed by atoms with van der Waals surface area (Å²) in [7, 11) is 0. The Balaban J connectivity index is 1.50. The van der Waals surface area contributed by atoms with Crippen molar-refractivity contribution in [2.24, 2.45) is 0 Å². The Morgan fingerprint density at radius 2 is 2.06 bits per heavy atom. The molecule has 7 nitrogen and oxygen atoms in total. The summed E-state index contributed by atoms with van der Waals surface area (Å²) < 4.78 is 6.18. The quantitative estimate of drug-likeness (QED) is 0.377. The highest BCUT2D eigenvalue weighted by molar-refractivity contribution is 7.17. The molecule has 8 heteroatoms. The molecular weight excluding hydrogens is 410 g/mol. The van der Waals surface area contributed by atoms with E-state index in [1.165, 1.54) is 11.3 Å². The Kier molecular flexibility index (Phi) is 6.47. The van der Waals surface area contributed by atoms with E-state index in [2.05, 4.69) is 25.3 Å². The first-order chi connectivity index (χ1) is 15.1. The highest BCUT2D eigenvalue weighted by Crippen LogP contribution is 2.26. The molecule has 0 fully saturated rings. The molecule has 1 N–H and O–H groups in total. The SMILES string of the molecule is CCOc1ccc(CCC(=O)c2nc(N[C@@H](C)c3ccccn3)nc3ccsc23)cn1. The second-order valence-electron chi connectivity index (χ2n) is 7.01. The Labute approximate surface area is 184 Å². The standard InChI is InChI=1S/C23H23N5O2S/c1-3-30-20-10-8-16(14-25-20)7-9-19(29)21-22-18(11-13-31-22)27-23(28-21)26-15(2)17-6-4-5-12-24-17/h4-6,8,10-15H,3,7,9H2,1-2H3,(H,26,27,28)/t15-/m0/s1. The fourth-order valence-electron chi connectivity index (χ4n) is 3.19. The van der Waals surface area contributed by atoms with Gasteiger partial charge < -0.3 is 10.1 Å². The Morgan fingerprint density at radius 3 is 2.81 bits per heavy atom. The minimum atomic E-state index is -0.0878. The number of carbonyl (C=O) groups is 1. The van der Waals surface area contributed by atoms with E-state index in [1.54, 1.807) is 12.4 Å². The summed E-state index contributed by atoms with van der Waals surface area (Å²) in [6.45, 7) is 4.48. The van der Waals surface area contributed by atoms with Crippen LogP contribution in [0.1, 0.15) is 48.1 Å². The van der Waals surface area contributed by atoms with E-state index >= 15 is 0 Å². The predicted octanol–water partition coefficient (Wildman–Crippen LogP) is 4.87. The fraction of sp³-hybridized carbons (Fsp3) is 0.261. The van der Waals surface area contributed by atoms with Crippen LogP contribution in [0.25, 0.3) is 10.2 Å². The zero-order chi connectivity index (χ0) is 21.6. The van der Waals surface area contributed by atoms with Crippen LogP contribution in [0.5, 0.6) is 5.88 Å². The van der Waals surface area contributed by atoms with Gasteiger partial charge in [-0.05, 0) is 49.4 Å². The maximum atomic E-state index is 13.0. The lowest BCUT2D eigenvalue weighted by molar-refractivity contribution is 0.0980. The summed E-state index contributed by atoms with van der Waals surface area (Å²) in [6.07, 6.45) is 4.43. The highest BCUT2D eigenvalue weighted by Gasteiger charge is 2.18. The maximum Gasteiger partial charge on any atom is 0.224 e. The molecule has 0 aliphatic carbocycles. The zero-order valence-corrected chi connectivity index (χ0v) is 18.2. The molecule has 0 unspecified atom stereocenters. The molecule has 0 saturated heterocycles. The van der Waals surface area contributed by atoms with Gasteiger partial charge in [-0.3, -0.25) is 9.78 Å². The summed E-state index contributed by atoms with van der Waals surface area (Å²) in [4.78, 5) is 30.8. The fourth-order valence-corrected chi connectivity index (χ4v) is 4.02. The van der Waals surface area contributed by atoms with Crippen molar-refractivity contribution in [2.45, 2.75) is 32.7 Å². The summed E-state index contributed by atoms with van der Waals surface area (Å²) >= 11 is 1.48. The number of hydrogen-bond donors (Lipinski definition) is 1. The Hall–Kier alpha value is -3.39. The van der Waals surface area contributed by atoms with E-state index in [0.717, 1.165) is 21.5 Å². The van der Waals surface area contributed by atoms with Crippen molar-refractivity contribution in [1.29, 1.82) is 0 Å². The number of fused-ring (bicyclic) bond motifs is 1. The minimum absolute atomic E-state index is 0.0164. The van der Waals surface area contributed by atoms with Gasteiger partial charge in [-0.25, -0.2) is 15.0 Å². The van der Waals surface area contributed by atoms with Crippen molar-refractivity contribution < 1.29 is 9.53 Å². The minimum Gasteiger partial charge on any atom is -0.478 e. The van der Waals surface area contributed by atoms with Gasteiger partial charge in [0.2, 0.25) is 11.8 Å². The lowest BCUT2D eigenvalue weighted by Gasteiger charge is -2.14. The van der Waals surface area contributed by atoms with Gasteiger partial charge in [-0.2, -0.15) is 0 Å². The van der Waals surface area contributed by atoms with Gasteiger partial charge >= 0.3 is 0 Å². The van der Waals surface area contributed by atoms with Crippen LogP contribution in [0.3, 0.4) is 0 Å². The van der Waals surface area contributed by atoms with E-state index in [4.69, 9.17) is 4.74 Å². The third-order valence-corrected chi connectivity index (χ3v) is 5.69. The second-order valence-corrected chi connectivity index (χ2v) is 7.93. The third-order valence-electron chi connectivity index (χ3n) is 4.78. The molecule has 0 saturated carbocycles. The van der Waals surface area contributed by atoms with E-state index in [0.29, 0.717) is 37.0 Å². The molecule has 0 spiro atoms. The molecule has 31 heavy (non-hydrogen) atoms. The van der Waals surface area contributed by atoms with Crippen LogP contribution in [0, 0.1) is 0 Å². The molecule has 1 atom stereocenters. The number of ether oxygens (including phenoxy) is 1. The molecule has 4 heterocycles. The zero-order valence-electron chi connectivity index (χ0n) is 17.4. The summed E-state index contributed by atoms with van der Waals surface area (Å²) in [5, 5.41) is 5.20. The van der Waals surface area contributed by atoms with Crippen molar-refractivity contribution in [3.05, 3.63) is 71.1 Å². The molecule has 0 aliphatic rings. The number of carbonyl (C=O) groups excluding carboxylic acids is 1. The second kappa shape index (κ2) is 9.61. The topological polar surface area (TPSA) is 89.9 Å². The van der Waals surface area contributed by atoms with Crippen LogP contribution in [0.4, 0.5) is 5.95 Å². The number of pyridine rings is 2. The van der Waals surface area contributed by atoms with Crippen LogP contribution < -0.4 is 10.1 Å². The highest BCUT2D eigenvalue weighted by atomic mass is 32.1. The van der Waals surface area contributed by atoms with Gasteiger partial charge in [0, 0.05) is 24.9 Å². The molecule has 158 valence electrons. The Bertz CT molecular complexity index is 1160. The predicted molar refractivity (Wildman–Crippen MR) is 122 cm³/mol. The van der Waals surface area contributed by atoms with Gasteiger partial charge in [-0.15, -0.1) is 11.3 Å². The number of ketones is 1. The normalized spacial score (nSPS) is 11.9. The number of nitrogens with zero attached hydrogens (tertiary/aromatic N) is 4. The Morgan fingerprint density at radius 1 is 1.16 bits per heavy atom. The van der Waals surface area contributed by atoms with E-state index in [-0.39, 0.29) is 11.8 Å². The van der Waals surface area contributed by atoms with Gasteiger partial charge in [0.15, 0.2) is 5.78 Å². The summed E-state index contributed by atoms with van der Waals surface area (Å²) in [5.74, 6) is 0.999. The van der Waals surface area contributed by atoms with Gasteiger partial charge in [0.05, 0.1) is 28.6 Å². The molecule has 4 aromatic rings. The molecular formula is C23H23N5O2S. The smallest absolute Gasteiger partial charge is 0.224 e. The monoisotopic (exact) mass is 433 g/mol.